The van der Waals surface area contributed by atoms with Crippen LogP contribution in [0, 0.1) is 6.92 Å². The van der Waals surface area contributed by atoms with E-state index in [1.165, 1.54) is 0 Å². The molecule has 0 aliphatic carbocycles. The van der Waals surface area contributed by atoms with Crippen molar-refractivity contribution >= 4 is 34.1 Å². The van der Waals surface area contributed by atoms with Crippen LogP contribution in [-0.4, -0.2) is 60.6 Å². The van der Waals surface area contributed by atoms with Gasteiger partial charge in [0, 0.05) is 39.1 Å². The quantitative estimate of drug-likeness (QED) is 0.540. The Bertz CT molecular complexity index is 1050. The average Bonchev–Trinajstić information content (AvgIpc) is 3.35. The minimum Gasteiger partial charge on any atom is -0.497 e. The van der Waals surface area contributed by atoms with Crippen LogP contribution in [-0.2, 0) is 22.4 Å². The Morgan fingerprint density at radius 3 is 2.77 bits per heavy atom. The van der Waals surface area contributed by atoms with Gasteiger partial charge < -0.3 is 19.1 Å². The van der Waals surface area contributed by atoms with Crippen LogP contribution < -0.4 is 9.64 Å². The fourth-order valence-electron chi connectivity index (χ4n) is 3.94. The van der Waals surface area contributed by atoms with E-state index < -0.39 is 0 Å². The average molecular weight is 432 g/mol. The Morgan fingerprint density at radius 2 is 2.03 bits per heavy atom. The van der Waals surface area contributed by atoms with Crippen molar-refractivity contribution in [2.75, 3.05) is 39.4 Å². The second kappa shape index (κ2) is 8.75. The molecule has 0 bridgehead atoms. The minimum absolute atomic E-state index is 0.0101. The van der Waals surface area contributed by atoms with E-state index in [9.17, 15) is 0 Å². The van der Waals surface area contributed by atoms with Crippen molar-refractivity contribution in [2.24, 2.45) is 0 Å². The standard InChI is InChI=1S/C21H26ClN5O3/c1-13-9-18-19(24-25-27(18)8-6-15(29-3)12-28-2)21(23-13)26-7-5-14-10-16(30-4)11-17(22)20(14)26/h9-11,15H,5-8,12H2,1-4H3. The summed E-state index contributed by atoms with van der Waals surface area (Å²) in [6.45, 7) is 3.98. The maximum absolute atomic E-state index is 6.61. The zero-order valence-electron chi connectivity index (χ0n) is 17.7. The summed E-state index contributed by atoms with van der Waals surface area (Å²) < 4.78 is 17.9. The van der Waals surface area contributed by atoms with E-state index in [4.69, 9.17) is 30.8 Å². The number of anilines is 2. The molecule has 1 aliphatic heterocycles. The van der Waals surface area contributed by atoms with Gasteiger partial charge in [-0.1, -0.05) is 16.8 Å². The molecule has 0 saturated heterocycles. The molecule has 0 saturated carbocycles. The van der Waals surface area contributed by atoms with Crippen molar-refractivity contribution in [1.82, 2.24) is 20.0 Å². The Kier molecular flexibility index (Phi) is 6.08. The highest BCUT2D eigenvalue weighted by Crippen LogP contribution is 2.43. The molecule has 30 heavy (non-hydrogen) atoms. The summed E-state index contributed by atoms with van der Waals surface area (Å²) in [5.41, 5.74) is 4.72. The molecule has 4 rings (SSSR count). The zero-order valence-corrected chi connectivity index (χ0v) is 18.4. The Morgan fingerprint density at radius 1 is 1.20 bits per heavy atom. The highest BCUT2D eigenvalue weighted by Gasteiger charge is 2.28. The molecule has 9 heteroatoms. The molecule has 1 aromatic carbocycles. The Balaban J connectivity index is 1.70. The molecule has 2 aromatic heterocycles. The first-order chi connectivity index (χ1) is 14.5. The fraction of sp³-hybridized carbons (Fsp3) is 0.476. The number of hydrogen-bond acceptors (Lipinski definition) is 7. The van der Waals surface area contributed by atoms with Gasteiger partial charge in [0.2, 0.25) is 0 Å². The molecule has 0 N–H and O–H groups in total. The number of aryl methyl sites for hydroxylation is 2. The van der Waals surface area contributed by atoms with Gasteiger partial charge in [-0.25, -0.2) is 9.67 Å². The van der Waals surface area contributed by atoms with Crippen molar-refractivity contribution < 1.29 is 14.2 Å². The van der Waals surface area contributed by atoms with Gasteiger partial charge in [0.15, 0.2) is 11.3 Å². The summed E-state index contributed by atoms with van der Waals surface area (Å²) in [7, 11) is 5.02. The SMILES string of the molecule is COCC(CCn1nnc2c(N3CCc4cc(OC)cc(Cl)c43)nc(C)cc21)OC. The van der Waals surface area contributed by atoms with E-state index in [2.05, 4.69) is 15.2 Å². The largest absolute Gasteiger partial charge is 0.497 e. The van der Waals surface area contributed by atoms with E-state index in [1.54, 1.807) is 21.3 Å². The topological polar surface area (TPSA) is 74.5 Å². The van der Waals surface area contributed by atoms with Crippen LogP contribution >= 0.6 is 11.6 Å². The van der Waals surface area contributed by atoms with E-state index >= 15 is 0 Å². The number of rotatable bonds is 8. The first-order valence-corrected chi connectivity index (χ1v) is 10.3. The Hall–Kier alpha value is -2.42. The normalized spacial score (nSPS) is 14.4. The Labute approximate surface area is 180 Å². The van der Waals surface area contributed by atoms with Crippen LogP contribution in [0.4, 0.5) is 11.5 Å². The zero-order chi connectivity index (χ0) is 21.3. The van der Waals surface area contributed by atoms with Crippen molar-refractivity contribution in [1.29, 1.82) is 0 Å². The molecule has 0 spiro atoms. The van der Waals surface area contributed by atoms with Crippen LogP contribution in [0.1, 0.15) is 17.7 Å². The highest BCUT2D eigenvalue weighted by atomic mass is 35.5. The third kappa shape index (κ3) is 3.82. The first-order valence-electron chi connectivity index (χ1n) is 9.92. The van der Waals surface area contributed by atoms with Crippen molar-refractivity contribution in [3.8, 4) is 5.75 Å². The first kappa shape index (κ1) is 20.8. The number of hydrogen-bond donors (Lipinski definition) is 0. The predicted octanol–water partition coefficient (Wildman–Crippen LogP) is 3.54. The smallest absolute Gasteiger partial charge is 0.163 e. The fourth-order valence-corrected chi connectivity index (χ4v) is 4.27. The predicted molar refractivity (Wildman–Crippen MR) is 116 cm³/mol. The van der Waals surface area contributed by atoms with E-state index in [0.717, 1.165) is 58.9 Å². The van der Waals surface area contributed by atoms with Crippen LogP contribution in [0.3, 0.4) is 0 Å². The summed E-state index contributed by atoms with van der Waals surface area (Å²) in [4.78, 5) is 6.93. The number of halogens is 1. The molecule has 0 radical (unpaired) electrons. The molecule has 3 heterocycles. The molecular weight excluding hydrogens is 406 g/mol. The lowest BCUT2D eigenvalue weighted by atomic mass is 10.1. The highest BCUT2D eigenvalue weighted by molar-refractivity contribution is 6.34. The van der Waals surface area contributed by atoms with E-state index in [-0.39, 0.29) is 6.10 Å². The van der Waals surface area contributed by atoms with Gasteiger partial charge in [0.25, 0.3) is 0 Å². The monoisotopic (exact) mass is 431 g/mol. The lowest BCUT2D eigenvalue weighted by Gasteiger charge is -2.20. The lowest BCUT2D eigenvalue weighted by molar-refractivity contribution is 0.0207. The number of ether oxygens (including phenoxy) is 3. The molecule has 1 aliphatic rings. The van der Waals surface area contributed by atoms with Gasteiger partial charge in [0.1, 0.15) is 5.75 Å². The molecule has 1 atom stereocenters. The van der Waals surface area contributed by atoms with Gasteiger partial charge in [-0.3, -0.25) is 0 Å². The number of pyridine rings is 1. The maximum atomic E-state index is 6.61. The van der Waals surface area contributed by atoms with Crippen molar-refractivity contribution in [3.63, 3.8) is 0 Å². The summed E-state index contributed by atoms with van der Waals surface area (Å²) in [5.74, 6) is 1.54. The summed E-state index contributed by atoms with van der Waals surface area (Å²) >= 11 is 6.61. The number of fused-ring (bicyclic) bond motifs is 2. The lowest BCUT2D eigenvalue weighted by Crippen LogP contribution is -2.20. The third-order valence-corrected chi connectivity index (χ3v) is 5.73. The molecule has 1 unspecified atom stereocenters. The van der Waals surface area contributed by atoms with Gasteiger partial charge in [0.05, 0.1) is 36.0 Å². The molecular formula is C21H26ClN5O3. The molecule has 8 nitrogen and oxygen atoms in total. The second-order valence-corrected chi connectivity index (χ2v) is 7.80. The number of benzene rings is 1. The van der Waals surface area contributed by atoms with E-state index in [0.29, 0.717) is 18.2 Å². The minimum atomic E-state index is 0.0101. The van der Waals surface area contributed by atoms with Crippen LogP contribution in [0.2, 0.25) is 5.02 Å². The van der Waals surface area contributed by atoms with Crippen molar-refractivity contribution in [3.05, 3.63) is 34.5 Å². The van der Waals surface area contributed by atoms with Crippen molar-refractivity contribution in [2.45, 2.75) is 32.4 Å². The summed E-state index contributed by atoms with van der Waals surface area (Å²) in [6.07, 6.45) is 1.65. The van der Waals surface area contributed by atoms with Gasteiger partial charge in [-0.2, -0.15) is 0 Å². The molecule has 3 aromatic rings. The summed E-state index contributed by atoms with van der Waals surface area (Å²) in [6, 6.07) is 5.89. The molecule has 160 valence electrons. The van der Waals surface area contributed by atoms with Crippen LogP contribution in [0.5, 0.6) is 5.75 Å². The van der Waals surface area contributed by atoms with Crippen LogP contribution in [0.25, 0.3) is 11.0 Å². The van der Waals surface area contributed by atoms with Crippen LogP contribution in [0.15, 0.2) is 18.2 Å². The number of methoxy groups -OCH3 is 3. The second-order valence-electron chi connectivity index (χ2n) is 7.39. The third-order valence-electron chi connectivity index (χ3n) is 5.44. The van der Waals surface area contributed by atoms with Gasteiger partial charge >= 0.3 is 0 Å². The number of nitrogens with zero attached hydrogens (tertiary/aromatic N) is 5. The van der Waals surface area contributed by atoms with Gasteiger partial charge in [-0.15, -0.1) is 5.10 Å². The van der Waals surface area contributed by atoms with Gasteiger partial charge in [-0.05, 0) is 37.5 Å². The molecule has 0 amide bonds. The number of aromatic nitrogens is 4. The molecule has 0 fully saturated rings. The maximum Gasteiger partial charge on any atom is 0.163 e. The summed E-state index contributed by atoms with van der Waals surface area (Å²) in [5, 5.41) is 9.50. The van der Waals surface area contributed by atoms with E-state index in [1.807, 2.05) is 29.8 Å².